The van der Waals surface area contributed by atoms with Gasteiger partial charge in [0.2, 0.25) is 0 Å². The van der Waals surface area contributed by atoms with E-state index < -0.39 is 29.3 Å². The average Bonchev–Trinajstić information content (AvgIpc) is 2.68. The third-order valence-electron chi connectivity index (χ3n) is 2.03. The van der Waals surface area contributed by atoms with E-state index >= 15 is 0 Å². The number of aliphatic hydroxyl groups excluding tert-OH is 2. The van der Waals surface area contributed by atoms with Crippen LogP contribution in [0.2, 0.25) is 4.34 Å². The number of hydrogen-bond acceptors (Lipinski definition) is 6. The Morgan fingerprint density at radius 3 is 2.50 bits per heavy atom. The summed E-state index contributed by atoms with van der Waals surface area (Å²) >= 11 is 6.36. The lowest BCUT2D eigenvalue weighted by Crippen LogP contribution is -2.33. The highest BCUT2D eigenvalue weighted by atomic mass is 35.5. The van der Waals surface area contributed by atoms with Gasteiger partial charge in [0.05, 0.1) is 12.2 Å². The minimum absolute atomic E-state index is 0.0389. The minimum Gasteiger partial charge on any atom is -0.395 e. The third-order valence-corrected chi connectivity index (χ3v) is 5.67. The molecule has 18 heavy (non-hydrogen) atoms. The van der Waals surface area contributed by atoms with Crippen molar-refractivity contribution in [2.75, 3.05) is 19.9 Å². The van der Waals surface area contributed by atoms with Gasteiger partial charge in [-0.3, -0.25) is 4.79 Å². The highest BCUT2D eigenvalue weighted by Gasteiger charge is 2.27. The van der Waals surface area contributed by atoms with Crippen LogP contribution in [0.25, 0.3) is 0 Å². The fourth-order valence-corrected chi connectivity index (χ4v) is 4.29. The van der Waals surface area contributed by atoms with Crippen LogP contribution in [0.15, 0.2) is 10.3 Å². The third kappa shape index (κ3) is 2.99. The predicted molar refractivity (Wildman–Crippen MR) is 65.9 cm³/mol. The molecule has 0 aliphatic carbocycles. The van der Waals surface area contributed by atoms with Crippen LogP contribution in [0.3, 0.4) is 0 Å². The van der Waals surface area contributed by atoms with Crippen LogP contribution in [-0.2, 0) is 10.0 Å². The molecule has 1 heterocycles. The van der Waals surface area contributed by atoms with Gasteiger partial charge in [-0.2, -0.15) is 4.31 Å². The lowest BCUT2D eigenvalue weighted by molar-refractivity contribution is 0.100. The van der Waals surface area contributed by atoms with Gasteiger partial charge in [-0.25, -0.2) is 8.42 Å². The molecule has 0 aromatic carbocycles. The zero-order valence-electron chi connectivity index (χ0n) is 9.04. The summed E-state index contributed by atoms with van der Waals surface area (Å²) in [5, 5.41) is 17.7. The van der Waals surface area contributed by atoms with Crippen LogP contribution >= 0.6 is 22.9 Å². The molecule has 10 heteroatoms. The molecule has 7 nitrogen and oxygen atoms in total. The summed E-state index contributed by atoms with van der Waals surface area (Å²) in [5.41, 5.74) is 4.93. The Labute approximate surface area is 112 Å². The molecule has 1 aromatic rings. The molecular formula is C8H11ClN2O5S2. The predicted octanol–water partition coefficient (Wildman–Crippen LogP) is -0.567. The van der Waals surface area contributed by atoms with Crippen LogP contribution in [-0.4, -0.2) is 48.7 Å². The quantitative estimate of drug-likeness (QED) is 0.607. The first-order valence-corrected chi connectivity index (χ1v) is 7.29. The monoisotopic (exact) mass is 314 g/mol. The van der Waals surface area contributed by atoms with Gasteiger partial charge in [-0.1, -0.05) is 11.6 Å². The second-order valence-corrected chi connectivity index (χ2v) is 6.98. The number of carbonyl (C=O) groups excluding carboxylic acids is 1. The van der Waals surface area contributed by atoms with Crippen LogP contribution < -0.4 is 5.73 Å². The van der Waals surface area contributed by atoms with Crippen molar-refractivity contribution in [3.05, 3.63) is 16.0 Å². The van der Waals surface area contributed by atoms with E-state index in [-0.39, 0.29) is 20.7 Å². The van der Waals surface area contributed by atoms with Crippen LogP contribution in [0.4, 0.5) is 0 Å². The van der Waals surface area contributed by atoms with Gasteiger partial charge >= 0.3 is 0 Å². The molecular weight excluding hydrogens is 304 g/mol. The van der Waals surface area contributed by atoms with E-state index in [0.29, 0.717) is 15.6 Å². The number of nitrogens with two attached hydrogens (primary N) is 1. The second-order valence-electron chi connectivity index (χ2n) is 3.16. The Kier molecular flexibility index (Phi) is 5.08. The van der Waals surface area contributed by atoms with Crippen molar-refractivity contribution >= 4 is 38.9 Å². The van der Waals surface area contributed by atoms with E-state index in [0.717, 1.165) is 6.07 Å². The summed E-state index contributed by atoms with van der Waals surface area (Å²) in [6.07, 6.45) is 0. The topological polar surface area (TPSA) is 121 Å². The van der Waals surface area contributed by atoms with Crippen molar-refractivity contribution in [1.82, 2.24) is 4.31 Å². The van der Waals surface area contributed by atoms with Gasteiger partial charge in [0, 0.05) is 6.54 Å². The first-order chi connectivity index (χ1) is 8.34. The van der Waals surface area contributed by atoms with Gasteiger partial charge in [0.1, 0.15) is 15.3 Å². The van der Waals surface area contributed by atoms with E-state index in [1.54, 1.807) is 0 Å². The number of thiophene rings is 1. The largest absolute Gasteiger partial charge is 0.395 e. The summed E-state index contributed by atoms with van der Waals surface area (Å²) in [7, 11) is -4.00. The first-order valence-electron chi connectivity index (χ1n) is 4.65. The normalized spacial score (nSPS) is 12.0. The molecule has 0 saturated heterocycles. The average molecular weight is 315 g/mol. The van der Waals surface area contributed by atoms with E-state index in [4.69, 9.17) is 27.5 Å². The number of hydrogen-bond donors (Lipinski definition) is 3. The molecule has 102 valence electrons. The summed E-state index contributed by atoms with van der Waals surface area (Å²) < 4.78 is 24.4. The fourth-order valence-electron chi connectivity index (χ4n) is 1.15. The van der Waals surface area contributed by atoms with Gasteiger partial charge in [0.15, 0.2) is 0 Å². The standard InChI is InChI=1S/C8H11ClN2O5S2/c9-7-5(8(10)14)3-6(17-7)18(15,16)11(4-13)1-2-12/h3,12-13H,1-2,4H2,(H2,10,14). The lowest BCUT2D eigenvalue weighted by atomic mass is 10.3. The van der Waals surface area contributed by atoms with Gasteiger partial charge in [0.25, 0.3) is 15.9 Å². The van der Waals surface area contributed by atoms with E-state index in [9.17, 15) is 13.2 Å². The SMILES string of the molecule is NC(=O)c1cc(S(=O)(=O)N(CO)CCO)sc1Cl. The second kappa shape index (κ2) is 5.95. The number of halogens is 1. The van der Waals surface area contributed by atoms with E-state index in [1.165, 1.54) is 0 Å². The summed E-state index contributed by atoms with van der Waals surface area (Å²) in [4.78, 5) is 11.0. The first kappa shape index (κ1) is 15.3. The fraction of sp³-hybridized carbons (Fsp3) is 0.375. The molecule has 0 spiro atoms. The minimum atomic E-state index is -4.00. The molecule has 0 unspecified atom stereocenters. The van der Waals surface area contributed by atoms with Crippen LogP contribution in [0, 0.1) is 0 Å². The maximum Gasteiger partial charge on any atom is 0.254 e. The molecule has 1 rings (SSSR count). The smallest absolute Gasteiger partial charge is 0.254 e. The number of aliphatic hydroxyl groups is 2. The number of carbonyl (C=O) groups is 1. The number of sulfonamides is 1. The van der Waals surface area contributed by atoms with Gasteiger partial charge in [-0.15, -0.1) is 11.3 Å². The molecule has 0 atom stereocenters. The molecule has 0 aliphatic heterocycles. The molecule has 0 saturated carbocycles. The molecule has 1 amide bonds. The Bertz CT molecular complexity index is 542. The Morgan fingerprint density at radius 2 is 2.11 bits per heavy atom. The van der Waals surface area contributed by atoms with Crippen LogP contribution in [0.1, 0.15) is 10.4 Å². The van der Waals surface area contributed by atoms with E-state index in [2.05, 4.69) is 0 Å². The van der Waals surface area contributed by atoms with Crippen molar-refractivity contribution in [3.63, 3.8) is 0 Å². The molecule has 1 aromatic heterocycles. The maximum absolute atomic E-state index is 12.0. The zero-order chi connectivity index (χ0) is 13.9. The highest BCUT2D eigenvalue weighted by molar-refractivity contribution is 7.91. The van der Waals surface area contributed by atoms with Crippen molar-refractivity contribution in [2.24, 2.45) is 5.73 Å². The number of rotatable bonds is 6. The van der Waals surface area contributed by atoms with Crippen LogP contribution in [0.5, 0.6) is 0 Å². The number of amides is 1. The molecule has 0 bridgehead atoms. The molecule has 0 radical (unpaired) electrons. The Balaban J connectivity index is 3.20. The molecule has 0 fully saturated rings. The number of nitrogens with zero attached hydrogens (tertiary/aromatic N) is 1. The molecule has 4 N–H and O–H groups in total. The highest BCUT2D eigenvalue weighted by Crippen LogP contribution is 2.32. The van der Waals surface area contributed by atoms with Crippen molar-refractivity contribution in [3.8, 4) is 0 Å². The van der Waals surface area contributed by atoms with Crippen molar-refractivity contribution < 1.29 is 23.4 Å². The maximum atomic E-state index is 12.0. The summed E-state index contributed by atoms with van der Waals surface area (Å²) in [6, 6.07) is 1.05. The summed E-state index contributed by atoms with van der Waals surface area (Å²) in [5.74, 6) is -0.838. The zero-order valence-corrected chi connectivity index (χ0v) is 11.4. The van der Waals surface area contributed by atoms with Crippen molar-refractivity contribution in [2.45, 2.75) is 4.21 Å². The van der Waals surface area contributed by atoms with E-state index in [1.807, 2.05) is 0 Å². The van der Waals surface area contributed by atoms with Gasteiger partial charge < -0.3 is 15.9 Å². The van der Waals surface area contributed by atoms with Crippen molar-refractivity contribution in [1.29, 1.82) is 0 Å². The lowest BCUT2D eigenvalue weighted by Gasteiger charge is -2.16. The molecule has 0 aliphatic rings. The van der Waals surface area contributed by atoms with Gasteiger partial charge in [-0.05, 0) is 6.07 Å². The Hall–Kier alpha value is -0.710. The number of primary amides is 1. The summed E-state index contributed by atoms with van der Waals surface area (Å²) in [6.45, 7) is -1.49. The Morgan fingerprint density at radius 1 is 1.50 bits per heavy atom.